The molecule has 1 aromatic heterocycles. The van der Waals surface area contributed by atoms with Gasteiger partial charge in [0, 0.05) is 13.5 Å². The monoisotopic (exact) mass is 285 g/mol. The Labute approximate surface area is 127 Å². The maximum absolute atomic E-state index is 6.02. The van der Waals surface area contributed by atoms with E-state index >= 15 is 0 Å². The molecule has 3 unspecified atom stereocenters. The zero-order valence-corrected chi connectivity index (χ0v) is 13.3. The number of nitrogens with zero attached hydrogens (tertiary/aromatic N) is 2. The van der Waals surface area contributed by atoms with Crippen molar-refractivity contribution in [2.24, 2.45) is 30.5 Å². The number of nitrogens with two attached hydrogens (primary N) is 1. The van der Waals surface area contributed by atoms with Crippen molar-refractivity contribution in [1.82, 2.24) is 9.55 Å². The number of imidazole rings is 1. The minimum Gasteiger partial charge on any atom is -0.331 e. The second-order valence-electron chi connectivity index (χ2n) is 6.62. The van der Waals surface area contributed by atoms with E-state index in [1.54, 1.807) is 0 Å². The minimum atomic E-state index is 0.674. The van der Waals surface area contributed by atoms with Gasteiger partial charge in [-0.05, 0) is 49.3 Å². The lowest BCUT2D eigenvalue weighted by Crippen LogP contribution is -2.32. The van der Waals surface area contributed by atoms with Gasteiger partial charge < -0.3 is 10.3 Å². The Balaban J connectivity index is 1.83. The number of aromatic nitrogens is 2. The molecule has 0 bridgehead atoms. The molecule has 1 saturated carbocycles. The predicted octanol–water partition coefficient (Wildman–Crippen LogP) is 3.52. The van der Waals surface area contributed by atoms with Crippen molar-refractivity contribution in [3.05, 3.63) is 30.1 Å². The van der Waals surface area contributed by atoms with Crippen molar-refractivity contribution in [2.75, 3.05) is 6.54 Å². The summed E-state index contributed by atoms with van der Waals surface area (Å²) in [6.07, 6.45) is 6.35. The van der Waals surface area contributed by atoms with E-state index < -0.39 is 0 Å². The van der Waals surface area contributed by atoms with Crippen LogP contribution < -0.4 is 5.73 Å². The molecule has 1 aromatic carbocycles. The molecule has 0 saturated heterocycles. The summed E-state index contributed by atoms with van der Waals surface area (Å²) in [5.41, 5.74) is 8.37. The molecular formula is C18H27N3. The highest BCUT2D eigenvalue weighted by Crippen LogP contribution is 2.37. The minimum absolute atomic E-state index is 0.674. The van der Waals surface area contributed by atoms with Crippen LogP contribution in [0.5, 0.6) is 0 Å². The molecule has 3 atom stereocenters. The molecule has 3 rings (SSSR count). The Bertz CT molecular complexity index is 602. The fourth-order valence-corrected chi connectivity index (χ4v) is 3.97. The molecule has 0 amide bonds. The first-order chi connectivity index (χ1) is 10.2. The van der Waals surface area contributed by atoms with Crippen LogP contribution in [0, 0.1) is 17.8 Å². The van der Waals surface area contributed by atoms with Gasteiger partial charge in [0.1, 0.15) is 5.82 Å². The third-order valence-electron chi connectivity index (χ3n) is 5.45. The first kappa shape index (κ1) is 14.6. The average molecular weight is 285 g/mol. The largest absolute Gasteiger partial charge is 0.331 e. The van der Waals surface area contributed by atoms with Gasteiger partial charge in [-0.25, -0.2) is 4.98 Å². The van der Waals surface area contributed by atoms with Gasteiger partial charge >= 0.3 is 0 Å². The average Bonchev–Trinajstić information content (AvgIpc) is 2.84. The highest BCUT2D eigenvalue weighted by molar-refractivity contribution is 5.75. The van der Waals surface area contributed by atoms with E-state index in [2.05, 4.69) is 42.8 Å². The Kier molecular flexibility index (Phi) is 4.29. The second kappa shape index (κ2) is 6.18. The van der Waals surface area contributed by atoms with Crippen LogP contribution in [-0.2, 0) is 13.5 Å². The summed E-state index contributed by atoms with van der Waals surface area (Å²) in [7, 11) is 2.14. The van der Waals surface area contributed by atoms with Gasteiger partial charge in [0.05, 0.1) is 11.0 Å². The Morgan fingerprint density at radius 2 is 2.05 bits per heavy atom. The summed E-state index contributed by atoms with van der Waals surface area (Å²) in [5, 5.41) is 0. The van der Waals surface area contributed by atoms with Gasteiger partial charge in [-0.2, -0.15) is 0 Å². The number of para-hydroxylation sites is 2. The van der Waals surface area contributed by atoms with Gasteiger partial charge in [-0.1, -0.05) is 31.9 Å². The van der Waals surface area contributed by atoms with E-state index in [0.717, 1.165) is 24.4 Å². The van der Waals surface area contributed by atoms with E-state index in [4.69, 9.17) is 10.7 Å². The third-order valence-corrected chi connectivity index (χ3v) is 5.45. The first-order valence-corrected chi connectivity index (χ1v) is 8.33. The summed E-state index contributed by atoms with van der Waals surface area (Å²) >= 11 is 0. The molecule has 2 N–H and O–H groups in total. The number of aryl methyl sites for hydroxylation is 1. The lowest BCUT2D eigenvalue weighted by atomic mass is 9.72. The summed E-state index contributed by atoms with van der Waals surface area (Å²) < 4.78 is 2.26. The number of fused-ring (bicyclic) bond motifs is 1. The summed E-state index contributed by atoms with van der Waals surface area (Å²) in [6.45, 7) is 3.14. The summed E-state index contributed by atoms with van der Waals surface area (Å²) in [4.78, 5) is 4.85. The van der Waals surface area contributed by atoms with Gasteiger partial charge in [-0.15, -0.1) is 0 Å². The third kappa shape index (κ3) is 2.84. The highest BCUT2D eigenvalue weighted by atomic mass is 15.1. The number of hydrogen-bond donors (Lipinski definition) is 1. The lowest BCUT2D eigenvalue weighted by molar-refractivity contribution is 0.177. The molecule has 1 aliphatic carbocycles. The van der Waals surface area contributed by atoms with Crippen LogP contribution in [0.15, 0.2) is 24.3 Å². The molecule has 0 spiro atoms. The van der Waals surface area contributed by atoms with Crippen LogP contribution in [0.2, 0.25) is 0 Å². The van der Waals surface area contributed by atoms with Gasteiger partial charge in [0.15, 0.2) is 0 Å². The van der Waals surface area contributed by atoms with Crippen molar-refractivity contribution in [1.29, 1.82) is 0 Å². The topological polar surface area (TPSA) is 43.8 Å². The smallest absolute Gasteiger partial charge is 0.109 e. The SMILES string of the molecule is CCC1CCC(CN)C(Cc2nc3ccccc3n2C)C1. The van der Waals surface area contributed by atoms with Crippen LogP contribution in [0.3, 0.4) is 0 Å². The van der Waals surface area contributed by atoms with Gasteiger partial charge in [0.25, 0.3) is 0 Å². The molecule has 1 aliphatic rings. The standard InChI is InChI=1S/C18H27N3/c1-3-13-8-9-14(12-19)15(10-13)11-18-20-16-6-4-5-7-17(16)21(18)2/h4-7,13-15H,3,8-12,19H2,1-2H3. The number of rotatable bonds is 4. The van der Waals surface area contributed by atoms with E-state index in [0.29, 0.717) is 11.8 Å². The van der Waals surface area contributed by atoms with Crippen LogP contribution >= 0.6 is 0 Å². The molecule has 2 aromatic rings. The summed E-state index contributed by atoms with van der Waals surface area (Å²) in [6, 6.07) is 8.41. The van der Waals surface area contributed by atoms with Gasteiger partial charge in [0.2, 0.25) is 0 Å². The molecule has 3 heteroatoms. The quantitative estimate of drug-likeness (QED) is 0.934. The fourth-order valence-electron chi connectivity index (χ4n) is 3.97. The normalized spacial score (nSPS) is 26.3. The Morgan fingerprint density at radius 3 is 2.76 bits per heavy atom. The maximum atomic E-state index is 6.02. The molecule has 114 valence electrons. The molecule has 0 aliphatic heterocycles. The Hall–Kier alpha value is -1.35. The second-order valence-corrected chi connectivity index (χ2v) is 6.62. The van der Waals surface area contributed by atoms with Crippen LogP contribution in [-0.4, -0.2) is 16.1 Å². The molecule has 1 fully saturated rings. The van der Waals surface area contributed by atoms with Crippen molar-refractivity contribution < 1.29 is 0 Å². The molecule has 3 nitrogen and oxygen atoms in total. The van der Waals surface area contributed by atoms with Gasteiger partial charge in [-0.3, -0.25) is 0 Å². The lowest BCUT2D eigenvalue weighted by Gasteiger charge is -2.35. The van der Waals surface area contributed by atoms with E-state index in [-0.39, 0.29) is 0 Å². The van der Waals surface area contributed by atoms with E-state index in [1.807, 2.05) is 0 Å². The molecular weight excluding hydrogens is 258 g/mol. The summed E-state index contributed by atoms with van der Waals surface area (Å²) in [5.74, 6) is 3.47. The van der Waals surface area contributed by atoms with Crippen LogP contribution in [0.25, 0.3) is 11.0 Å². The first-order valence-electron chi connectivity index (χ1n) is 8.33. The van der Waals surface area contributed by atoms with E-state index in [1.165, 1.54) is 37.0 Å². The molecule has 1 heterocycles. The van der Waals surface area contributed by atoms with E-state index in [9.17, 15) is 0 Å². The Morgan fingerprint density at radius 1 is 1.24 bits per heavy atom. The zero-order valence-electron chi connectivity index (χ0n) is 13.3. The fraction of sp³-hybridized carbons (Fsp3) is 0.611. The predicted molar refractivity (Wildman–Crippen MR) is 88.1 cm³/mol. The van der Waals surface area contributed by atoms with Crippen molar-refractivity contribution in [3.63, 3.8) is 0 Å². The number of benzene rings is 1. The maximum Gasteiger partial charge on any atom is 0.109 e. The van der Waals surface area contributed by atoms with Crippen molar-refractivity contribution in [2.45, 2.75) is 39.0 Å². The van der Waals surface area contributed by atoms with Crippen LogP contribution in [0.1, 0.15) is 38.4 Å². The van der Waals surface area contributed by atoms with Crippen molar-refractivity contribution in [3.8, 4) is 0 Å². The zero-order chi connectivity index (χ0) is 14.8. The number of hydrogen-bond acceptors (Lipinski definition) is 2. The van der Waals surface area contributed by atoms with Crippen molar-refractivity contribution >= 4 is 11.0 Å². The molecule has 21 heavy (non-hydrogen) atoms. The highest BCUT2D eigenvalue weighted by Gasteiger charge is 2.30. The molecule has 0 radical (unpaired) electrons. The van der Waals surface area contributed by atoms with Crippen LogP contribution in [0.4, 0.5) is 0 Å².